The van der Waals surface area contributed by atoms with E-state index in [4.69, 9.17) is 9.26 Å². The van der Waals surface area contributed by atoms with Gasteiger partial charge in [-0.15, -0.1) is 0 Å². The normalized spacial score (nSPS) is 19.8. The van der Waals surface area contributed by atoms with E-state index in [-0.39, 0.29) is 6.04 Å². The van der Waals surface area contributed by atoms with E-state index < -0.39 is 0 Å². The molecule has 0 amide bonds. The Bertz CT molecular complexity index is 281. The van der Waals surface area contributed by atoms with Crippen LogP contribution < -0.4 is 5.32 Å². The Morgan fingerprint density at radius 2 is 2.38 bits per heavy atom. The molecule has 4 heteroatoms. The maximum Gasteiger partial charge on any atom is 0.133 e. The van der Waals surface area contributed by atoms with Crippen molar-refractivity contribution in [2.45, 2.75) is 25.9 Å². The monoisotopic (exact) mass is 182 g/mol. The zero-order chi connectivity index (χ0) is 9.26. The highest BCUT2D eigenvalue weighted by molar-refractivity contribution is 5.08. The molecule has 2 rings (SSSR count). The van der Waals surface area contributed by atoms with Crippen molar-refractivity contribution in [1.82, 2.24) is 10.5 Å². The Hall–Kier alpha value is -0.870. The van der Waals surface area contributed by atoms with Gasteiger partial charge in [0, 0.05) is 6.07 Å². The summed E-state index contributed by atoms with van der Waals surface area (Å²) in [7, 11) is 0. The molecule has 0 aromatic carbocycles. The van der Waals surface area contributed by atoms with Gasteiger partial charge in [0.1, 0.15) is 11.5 Å². The van der Waals surface area contributed by atoms with Crippen LogP contribution in [0.25, 0.3) is 0 Å². The van der Waals surface area contributed by atoms with Crippen LogP contribution in [-0.2, 0) is 4.74 Å². The molecule has 1 saturated heterocycles. The molecule has 1 aliphatic heterocycles. The molecule has 1 atom stereocenters. The molecule has 0 bridgehead atoms. The van der Waals surface area contributed by atoms with E-state index in [1.807, 2.05) is 13.0 Å². The van der Waals surface area contributed by atoms with Crippen LogP contribution >= 0.6 is 0 Å². The highest BCUT2D eigenvalue weighted by Crippen LogP contribution is 2.14. The summed E-state index contributed by atoms with van der Waals surface area (Å²) in [6.07, 6.45) is 0. The van der Waals surface area contributed by atoms with Gasteiger partial charge in [-0.3, -0.25) is 0 Å². The number of nitrogens with zero attached hydrogens (tertiary/aromatic N) is 1. The number of rotatable bonds is 3. The highest BCUT2D eigenvalue weighted by atomic mass is 16.5. The predicted octanol–water partition coefficient (Wildman–Crippen LogP) is 1.03. The van der Waals surface area contributed by atoms with Crippen molar-refractivity contribution in [1.29, 1.82) is 0 Å². The second-order valence-electron chi connectivity index (χ2n) is 3.49. The topological polar surface area (TPSA) is 47.3 Å². The summed E-state index contributed by atoms with van der Waals surface area (Å²) in [6.45, 7) is 5.59. The third-order valence-electron chi connectivity index (χ3n) is 2.21. The third kappa shape index (κ3) is 1.89. The fraction of sp³-hybridized carbons (Fsp3) is 0.667. The lowest BCUT2D eigenvalue weighted by Gasteiger charge is -2.29. The van der Waals surface area contributed by atoms with Crippen LogP contribution in [0.1, 0.15) is 24.4 Å². The van der Waals surface area contributed by atoms with Crippen LogP contribution in [0, 0.1) is 6.92 Å². The van der Waals surface area contributed by atoms with Crippen LogP contribution in [0.15, 0.2) is 10.6 Å². The first-order valence-electron chi connectivity index (χ1n) is 4.52. The molecule has 0 unspecified atom stereocenters. The SMILES string of the molecule is Cc1cc([C@@H](C)NC2COC2)no1. The molecule has 13 heavy (non-hydrogen) atoms. The summed E-state index contributed by atoms with van der Waals surface area (Å²) >= 11 is 0. The molecule has 0 aliphatic carbocycles. The molecule has 4 nitrogen and oxygen atoms in total. The predicted molar refractivity (Wildman–Crippen MR) is 47.4 cm³/mol. The van der Waals surface area contributed by atoms with Crippen molar-refractivity contribution in [2.75, 3.05) is 13.2 Å². The van der Waals surface area contributed by atoms with Gasteiger partial charge in [0.15, 0.2) is 0 Å². The Morgan fingerprint density at radius 1 is 1.62 bits per heavy atom. The van der Waals surface area contributed by atoms with Crippen molar-refractivity contribution >= 4 is 0 Å². The molecule has 1 aliphatic rings. The third-order valence-corrected chi connectivity index (χ3v) is 2.21. The molecular formula is C9H14N2O2. The number of hydrogen-bond acceptors (Lipinski definition) is 4. The average molecular weight is 182 g/mol. The molecule has 1 fully saturated rings. The minimum Gasteiger partial charge on any atom is -0.378 e. The van der Waals surface area contributed by atoms with Gasteiger partial charge in [0.05, 0.1) is 25.3 Å². The van der Waals surface area contributed by atoms with Crippen molar-refractivity contribution in [3.05, 3.63) is 17.5 Å². The molecule has 72 valence electrons. The van der Waals surface area contributed by atoms with Gasteiger partial charge in [0.2, 0.25) is 0 Å². The molecule has 1 N–H and O–H groups in total. The molecular weight excluding hydrogens is 168 g/mol. The van der Waals surface area contributed by atoms with Crippen LogP contribution in [-0.4, -0.2) is 24.4 Å². The van der Waals surface area contributed by atoms with Gasteiger partial charge in [0.25, 0.3) is 0 Å². The van der Waals surface area contributed by atoms with Gasteiger partial charge in [-0.2, -0.15) is 0 Å². The highest BCUT2D eigenvalue weighted by Gasteiger charge is 2.21. The van der Waals surface area contributed by atoms with E-state index in [2.05, 4.69) is 17.4 Å². The first kappa shape index (κ1) is 8.72. The Kier molecular flexibility index (Phi) is 2.33. The molecule has 2 heterocycles. The summed E-state index contributed by atoms with van der Waals surface area (Å²) in [4.78, 5) is 0. The zero-order valence-electron chi connectivity index (χ0n) is 7.91. The Morgan fingerprint density at radius 3 is 2.85 bits per heavy atom. The van der Waals surface area contributed by atoms with Crippen molar-refractivity contribution in [2.24, 2.45) is 0 Å². The summed E-state index contributed by atoms with van der Waals surface area (Å²) in [6, 6.07) is 2.68. The second-order valence-corrected chi connectivity index (χ2v) is 3.49. The van der Waals surface area contributed by atoms with Crippen LogP contribution in [0.3, 0.4) is 0 Å². The Labute approximate surface area is 77.2 Å². The number of aromatic nitrogens is 1. The quantitative estimate of drug-likeness (QED) is 0.758. The van der Waals surface area contributed by atoms with E-state index in [0.717, 1.165) is 24.7 Å². The smallest absolute Gasteiger partial charge is 0.133 e. The van der Waals surface area contributed by atoms with Gasteiger partial charge in [-0.05, 0) is 13.8 Å². The van der Waals surface area contributed by atoms with Crippen molar-refractivity contribution in [3.8, 4) is 0 Å². The van der Waals surface area contributed by atoms with Crippen molar-refractivity contribution in [3.63, 3.8) is 0 Å². The molecule has 1 aromatic heterocycles. The van der Waals surface area contributed by atoms with Gasteiger partial charge < -0.3 is 14.6 Å². The molecule has 0 spiro atoms. The summed E-state index contributed by atoms with van der Waals surface area (Å²) < 4.78 is 10.1. The number of aryl methyl sites for hydroxylation is 1. The number of ether oxygens (including phenoxy) is 1. The minimum atomic E-state index is 0.242. The largest absolute Gasteiger partial charge is 0.378 e. The standard InChI is InChI=1S/C9H14N2O2/c1-6-3-9(11-13-6)7(2)10-8-4-12-5-8/h3,7-8,10H,4-5H2,1-2H3/t7-/m1/s1. The number of hydrogen-bond donors (Lipinski definition) is 1. The van der Waals surface area contributed by atoms with Gasteiger partial charge >= 0.3 is 0 Å². The lowest BCUT2D eigenvalue weighted by molar-refractivity contribution is -0.00955. The number of nitrogens with one attached hydrogen (secondary N) is 1. The van der Waals surface area contributed by atoms with Gasteiger partial charge in [-0.25, -0.2) is 0 Å². The fourth-order valence-corrected chi connectivity index (χ4v) is 1.36. The average Bonchev–Trinajstić information content (AvgIpc) is 2.44. The fourth-order valence-electron chi connectivity index (χ4n) is 1.36. The molecule has 1 aromatic rings. The molecule has 0 saturated carbocycles. The Balaban J connectivity index is 1.92. The van der Waals surface area contributed by atoms with Crippen LogP contribution in [0.5, 0.6) is 0 Å². The maximum absolute atomic E-state index is 5.07. The zero-order valence-corrected chi connectivity index (χ0v) is 7.91. The van der Waals surface area contributed by atoms with Gasteiger partial charge in [-0.1, -0.05) is 5.16 Å². The maximum atomic E-state index is 5.07. The van der Waals surface area contributed by atoms with E-state index in [9.17, 15) is 0 Å². The van der Waals surface area contributed by atoms with E-state index in [0.29, 0.717) is 6.04 Å². The summed E-state index contributed by atoms with van der Waals surface area (Å²) in [5.74, 6) is 0.855. The van der Waals surface area contributed by atoms with E-state index in [1.54, 1.807) is 0 Å². The molecule has 0 radical (unpaired) electrons. The first-order valence-corrected chi connectivity index (χ1v) is 4.52. The van der Waals surface area contributed by atoms with Crippen LogP contribution in [0.4, 0.5) is 0 Å². The lowest BCUT2D eigenvalue weighted by Crippen LogP contribution is -2.46. The summed E-state index contributed by atoms with van der Waals surface area (Å²) in [5, 5.41) is 7.35. The lowest BCUT2D eigenvalue weighted by atomic mass is 10.1. The minimum absolute atomic E-state index is 0.242. The first-order chi connectivity index (χ1) is 6.25. The van der Waals surface area contributed by atoms with E-state index in [1.165, 1.54) is 0 Å². The summed E-state index contributed by atoms with van der Waals surface area (Å²) in [5.41, 5.74) is 0.962. The second kappa shape index (κ2) is 3.47. The van der Waals surface area contributed by atoms with Crippen LogP contribution in [0.2, 0.25) is 0 Å². The van der Waals surface area contributed by atoms with E-state index >= 15 is 0 Å². The van der Waals surface area contributed by atoms with Crippen molar-refractivity contribution < 1.29 is 9.26 Å².